The highest BCUT2D eigenvalue weighted by Gasteiger charge is 2.09. The number of nitrogens with zero attached hydrogens (tertiary/aromatic N) is 1. The van der Waals surface area contributed by atoms with Gasteiger partial charge in [-0.1, -0.05) is 121 Å². The highest BCUT2D eigenvalue weighted by atomic mass is 16.5. The van der Waals surface area contributed by atoms with Gasteiger partial charge in [-0.25, -0.2) is 0 Å². The van der Waals surface area contributed by atoms with Gasteiger partial charge >= 0.3 is 0 Å². The largest absolute Gasteiger partial charge is 0.488 e. The molecule has 0 unspecified atom stereocenters. The maximum Gasteiger partial charge on any atom is 0.223 e. The number of hydrogen-bond donors (Lipinski definition) is 1. The lowest BCUT2D eigenvalue weighted by atomic mass is 10.0. The van der Waals surface area contributed by atoms with Crippen molar-refractivity contribution in [2.24, 2.45) is 0 Å². The summed E-state index contributed by atoms with van der Waals surface area (Å²) in [5, 5.41) is 9.63. The highest BCUT2D eigenvalue weighted by molar-refractivity contribution is 5.37. The summed E-state index contributed by atoms with van der Waals surface area (Å²) >= 11 is 0. The molecule has 4 nitrogen and oxygen atoms in total. The fourth-order valence-electron chi connectivity index (χ4n) is 4.45. The summed E-state index contributed by atoms with van der Waals surface area (Å²) in [5.74, 6) is 0.349. The van der Waals surface area contributed by atoms with Crippen molar-refractivity contribution < 1.29 is 9.84 Å². The van der Waals surface area contributed by atoms with E-state index < -0.39 is 0 Å². The molecule has 190 valence electrons. The number of ether oxygens (including phenoxy) is 1. The molecule has 4 heteroatoms. The maximum absolute atomic E-state index is 12.3. The van der Waals surface area contributed by atoms with Gasteiger partial charge in [0.05, 0.1) is 25.1 Å². The lowest BCUT2D eigenvalue weighted by Gasteiger charge is -2.14. The first-order chi connectivity index (χ1) is 16.8. The molecule has 1 N–H and O–H groups in total. The van der Waals surface area contributed by atoms with E-state index in [2.05, 4.69) is 6.92 Å². The Balaban J connectivity index is 1.51. The van der Waals surface area contributed by atoms with Crippen LogP contribution in [0.2, 0.25) is 0 Å². The van der Waals surface area contributed by atoms with Gasteiger partial charge in [0.1, 0.15) is 0 Å². The molecule has 1 heterocycles. The smallest absolute Gasteiger partial charge is 0.223 e. The van der Waals surface area contributed by atoms with Gasteiger partial charge in [0.25, 0.3) is 0 Å². The second-order valence-corrected chi connectivity index (χ2v) is 9.51. The molecular formula is C30H47NO3. The molecule has 0 spiro atoms. The molecule has 0 saturated heterocycles. The summed E-state index contributed by atoms with van der Waals surface area (Å²) in [6, 6.07) is 11.2. The maximum atomic E-state index is 12.3. The molecule has 0 aliphatic rings. The number of aliphatic hydroxyl groups is 1. The summed E-state index contributed by atoms with van der Waals surface area (Å²) in [6.07, 6.45) is 23.1. The van der Waals surface area contributed by atoms with Crippen LogP contribution in [-0.2, 0) is 6.61 Å². The summed E-state index contributed by atoms with van der Waals surface area (Å²) < 4.78 is 7.63. The number of benzene rings is 1. The monoisotopic (exact) mass is 469 g/mol. The number of pyridine rings is 1. The van der Waals surface area contributed by atoms with Gasteiger partial charge in [0, 0.05) is 11.8 Å². The van der Waals surface area contributed by atoms with Crippen LogP contribution in [0.3, 0.4) is 0 Å². The molecule has 0 saturated carbocycles. The number of para-hydroxylation sites is 1. The number of hydrogen-bond acceptors (Lipinski definition) is 3. The van der Waals surface area contributed by atoms with Crippen LogP contribution in [-0.4, -0.2) is 16.3 Å². The Morgan fingerprint density at radius 3 is 1.74 bits per heavy atom. The van der Waals surface area contributed by atoms with Crippen molar-refractivity contribution in [2.75, 3.05) is 6.61 Å². The SMILES string of the molecule is CCCCCCCCCCCCCCCCCCOc1cn(-c2ccccc2)c(CO)cc1=O. The minimum atomic E-state index is -0.191. The van der Waals surface area contributed by atoms with E-state index in [0.717, 1.165) is 18.5 Å². The third-order valence-electron chi connectivity index (χ3n) is 6.55. The van der Waals surface area contributed by atoms with Gasteiger partial charge < -0.3 is 14.4 Å². The molecule has 0 atom stereocenters. The summed E-state index contributed by atoms with van der Waals surface area (Å²) in [5.41, 5.74) is 1.29. The first-order valence-electron chi connectivity index (χ1n) is 13.8. The van der Waals surface area contributed by atoms with Crippen LogP contribution in [0.1, 0.15) is 115 Å². The zero-order valence-electron chi connectivity index (χ0n) is 21.5. The van der Waals surface area contributed by atoms with E-state index in [1.807, 2.05) is 34.9 Å². The molecule has 2 aromatic rings. The highest BCUT2D eigenvalue weighted by Crippen LogP contribution is 2.16. The molecule has 0 aliphatic heterocycles. The Hall–Kier alpha value is -2.07. The Morgan fingerprint density at radius 1 is 0.735 bits per heavy atom. The number of aromatic nitrogens is 1. The van der Waals surface area contributed by atoms with Crippen molar-refractivity contribution in [1.29, 1.82) is 0 Å². The van der Waals surface area contributed by atoms with Crippen LogP contribution in [0.15, 0.2) is 47.4 Å². The van der Waals surface area contributed by atoms with Gasteiger partial charge in [-0.15, -0.1) is 0 Å². The zero-order chi connectivity index (χ0) is 24.3. The number of aliphatic hydroxyl groups excluding tert-OH is 1. The molecule has 0 aliphatic carbocycles. The molecule has 0 radical (unpaired) electrons. The van der Waals surface area contributed by atoms with E-state index >= 15 is 0 Å². The third-order valence-corrected chi connectivity index (χ3v) is 6.55. The molecule has 0 fully saturated rings. The van der Waals surface area contributed by atoms with E-state index in [-0.39, 0.29) is 12.0 Å². The third kappa shape index (κ3) is 11.4. The average Bonchev–Trinajstić information content (AvgIpc) is 2.87. The van der Waals surface area contributed by atoms with Gasteiger partial charge in [0.15, 0.2) is 5.75 Å². The van der Waals surface area contributed by atoms with Crippen LogP contribution in [0, 0.1) is 0 Å². The Bertz CT molecular complexity index is 816. The molecular weight excluding hydrogens is 422 g/mol. The molecule has 2 rings (SSSR count). The Labute approximate surface area is 207 Å². The van der Waals surface area contributed by atoms with Crippen molar-refractivity contribution in [1.82, 2.24) is 4.57 Å². The van der Waals surface area contributed by atoms with Crippen molar-refractivity contribution in [2.45, 2.75) is 116 Å². The molecule has 0 bridgehead atoms. The number of rotatable bonds is 20. The minimum Gasteiger partial charge on any atom is -0.488 e. The fraction of sp³-hybridized carbons (Fsp3) is 0.633. The number of unbranched alkanes of at least 4 members (excludes halogenated alkanes) is 15. The van der Waals surface area contributed by atoms with Crippen LogP contribution in [0.5, 0.6) is 5.75 Å². The second-order valence-electron chi connectivity index (χ2n) is 9.51. The molecule has 1 aromatic heterocycles. The zero-order valence-corrected chi connectivity index (χ0v) is 21.5. The Morgan fingerprint density at radius 2 is 1.24 bits per heavy atom. The predicted octanol–water partition coefficient (Wildman–Crippen LogP) is 7.97. The van der Waals surface area contributed by atoms with E-state index in [0.29, 0.717) is 18.1 Å². The van der Waals surface area contributed by atoms with Crippen LogP contribution < -0.4 is 10.2 Å². The van der Waals surface area contributed by atoms with E-state index in [1.54, 1.807) is 6.20 Å². The van der Waals surface area contributed by atoms with Crippen molar-refractivity contribution in [3.05, 3.63) is 58.5 Å². The van der Waals surface area contributed by atoms with Crippen LogP contribution in [0.25, 0.3) is 5.69 Å². The summed E-state index contributed by atoms with van der Waals surface area (Å²) in [7, 11) is 0. The minimum absolute atomic E-state index is 0.173. The first kappa shape index (κ1) is 28.2. The van der Waals surface area contributed by atoms with Crippen molar-refractivity contribution in [3.63, 3.8) is 0 Å². The van der Waals surface area contributed by atoms with Gasteiger partial charge in [-0.05, 0) is 18.6 Å². The van der Waals surface area contributed by atoms with Crippen LogP contribution in [0.4, 0.5) is 0 Å². The Kier molecular flexibility index (Phi) is 15.1. The van der Waals surface area contributed by atoms with E-state index in [1.165, 1.54) is 96.0 Å². The standard InChI is InChI=1S/C30H47NO3/c1-2-3-4-5-6-7-8-9-10-11-12-13-14-15-16-20-23-34-30-25-31(27-21-18-17-19-22-27)28(26-32)24-29(30)33/h17-19,21-22,24-25,32H,2-16,20,23,26H2,1H3. The summed E-state index contributed by atoms with van der Waals surface area (Å²) in [4.78, 5) is 12.3. The molecule has 34 heavy (non-hydrogen) atoms. The normalized spacial score (nSPS) is 11.1. The average molecular weight is 470 g/mol. The van der Waals surface area contributed by atoms with Gasteiger partial charge in [-0.2, -0.15) is 0 Å². The quantitative estimate of drug-likeness (QED) is 0.200. The van der Waals surface area contributed by atoms with E-state index in [9.17, 15) is 9.90 Å². The van der Waals surface area contributed by atoms with Crippen molar-refractivity contribution in [3.8, 4) is 11.4 Å². The molecule has 1 aromatic carbocycles. The van der Waals surface area contributed by atoms with Gasteiger partial charge in [-0.3, -0.25) is 4.79 Å². The van der Waals surface area contributed by atoms with E-state index in [4.69, 9.17) is 4.74 Å². The lowest BCUT2D eigenvalue weighted by molar-refractivity contribution is 0.271. The fourth-order valence-corrected chi connectivity index (χ4v) is 4.45. The topological polar surface area (TPSA) is 51.5 Å². The first-order valence-corrected chi connectivity index (χ1v) is 13.8. The second kappa shape index (κ2) is 18.3. The van der Waals surface area contributed by atoms with Crippen LogP contribution >= 0.6 is 0 Å². The predicted molar refractivity (Wildman–Crippen MR) is 143 cm³/mol. The summed E-state index contributed by atoms with van der Waals surface area (Å²) in [6.45, 7) is 2.64. The lowest BCUT2D eigenvalue weighted by Crippen LogP contribution is -2.15. The van der Waals surface area contributed by atoms with Gasteiger partial charge in [0.2, 0.25) is 5.43 Å². The molecule has 0 amide bonds. The van der Waals surface area contributed by atoms with Crippen molar-refractivity contribution >= 4 is 0 Å².